The molecule has 0 aliphatic heterocycles. The third-order valence-corrected chi connectivity index (χ3v) is 6.06. The first kappa shape index (κ1) is 19.6. The molecule has 2 rings (SSSR count). The zero-order valence-corrected chi connectivity index (χ0v) is 16.5. The predicted octanol–water partition coefficient (Wildman–Crippen LogP) is 3.60. The lowest BCUT2D eigenvalue weighted by molar-refractivity contribution is -0.118. The zero-order chi connectivity index (χ0) is 18.7. The van der Waals surface area contributed by atoms with E-state index < -0.39 is 10.0 Å². The van der Waals surface area contributed by atoms with Gasteiger partial charge in [0, 0.05) is 23.6 Å². The Labute approximate surface area is 153 Å². The molecule has 0 radical (unpaired) electrons. The number of amides is 1. The van der Waals surface area contributed by atoms with Crippen LogP contribution in [0.3, 0.4) is 0 Å². The van der Waals surface area contributed by atoms with Crippen LogP contribution in [0.15, 0.2) is 46.0 Å². The molecule has 136 valence electrons. The molecule has 5 nitrogen and oxygen atoms in total. The molecule has 0 atom stereocenters. The van der Waals surface area contributed by atoms with Crippen molar-refractivity contribution in [3.05, 3.63) is 46.7 Å². The molecule has 0 saturated heterocycles. The molecule has 1 aromatic carbocycles. The minimum Gasteiger partial charge on any atom is -0.326 e. The number of hydrogen-bond donors (Lipinski definition) is 2. The van der Waals surface area contributed by atoms with Crippen LogP contribution in [-0.4, -0.2) is 20.9 Å². The summed E-state index contributed by atoms with van der Waals surface area (Å²) in [5.74, 6) is -0.240. The van der Waals surface area contributed by atoms with Crippen LogP contribution in [0.1, 0.15) is 33.3 Å². The molecule has 7 heteroatoms. The number of hydrogen-bond acceptors (Lipinski definition) is 4. The van der Waals surface area contributed by atoms with Gasteiger partial charge in [-0.15, -0.1) is 0 Å². The molecule has 1 aromatic heterocycles. The fraction of sp³-hybridized carbons (Fsp3) is 0.389. The van der Waals surface area contributed by atoms with Crippen molar-refractivity contribution in [1.82, 2.24) is 4.72 Å². The smallest absolute Gasteiger partial charge is 0.240 e. The average Bonchev–Trinajstić information content (AvgIpc) is 3.09. The Morgan fingerprint density at radius 2 is 1.80 bits per heavy atom. The van der Waals surface area contributed by atoms with Crippen molar-refractivity contribution in [3.63, 3.8) is 0 Å². The van der Waals surface area contributed by atoms with E-state index in [0.717, 1.165) is 5.56 Å². The molecule has 1 amide bonds. The van der Waals surface area contributed by atoms with E-state index in [1.807, 2.05) is 30.7 Å². The van der Waals surface area contributed by atoms with Crippen LogP contribution in [0, 0.1) is 5.92 Å². The number of benzene rings is 1. The van der Waals surface area contributed by atoms with Crippen LogP contribution >= 0.6 is 11.3 Å². The first-order valence-corrected chi connectivity index (χ1v) is 10.5. The number of thiophene rings is 1. The van der Waals surface area contributed by atoms with Gasteiger partial charge in [-0.2, -0.15) is 11.3 Å². The maximum absolute atomic E-state index is 12.5. The van der Waals surface area contributed by atoms with Crippen molar-refractivity contribution in [3.8, 4) is 0 Å². The molecule has 0 aliphatic carbocycles. The molecule has 0 unspecified atom stereocenters. The Morgan fingerprint density at radius 3 is 2.32 bits per heavy atom. The minimum absolute atomic E-state index is 0.105. The monoisotopic (exact) mass is 380 g/mol. The molecular weight excluding hydrogens is 356 g/mol. The second-order valence-electron chi connectivity index (χ2n) is 6.89. The Balaban J connectivity index is 2.05. The molecule has 0 aliphatic rings. The van der Waals surface area contributed by atoms with E-state index in [9.17, 15) is 13.2 Å². The minimum atomic E-state index is -3.61. The SMILES string of the molecule is CC(C)C(=O)Nc1ccc(S(=O)(=O)NCC(C)(C)c2ccsc2)cc1. The first-order valence-electron chi connectivity index (χ1n) is 8.05. The summed E-state index contributed by atoms with van der Waals surface area (Å²) in [6.07, 6.45) is 0. The zero-order valence-electron chi connectivity index (χ0n) is 14.9. The second kappa shape index (κ2) is 7.68. The Bertz CT molecular complexity index is 809. The molecular formula is C18H24N2O3S2. The molecule has 2 aromatic rings. The number of carbonyl (C=O) groups is 1. The van der Waals surface area contributed by atoms with Gasteiger partial charge < -0.3 is 5.32 Å². The predicted molar refractivity (Wildman–Crippen MR) is 102 cm³/mol. The Kier molecular flexibility index (Phi) is 6.03. The molecule has 25 heavy (non-hydrogen) atoms. The van der Waals surface area contributed by atoms with Gasteiger partial charge in [0.15, 0.2) is 0 Å². The molecule has 1 heterocycles. The highest BCUT2D eigenvalue weighted by atomic mass is 32.2. The van der Waals surface area contributed by atoms with Crippen LogP contribution < -0.4 is 10.0 Å². The largest absolute Gasteiger partial charge is 0.326 e. The van der Waals surface area contributed by atoms with Gasteiger partial charge in [-0.3, -0.25) is 4.79 Å². The molecule has 0 saturated carbocycles. The molecule has 2 N–H and O–H groups in total. The van der Waals surface area contributed by atoms with Crippen LogP contribution in [0.2, 0.25) is 0 Å². The van der Waals surface area contributed by atoms with Gasteiger partial charge in [0.2, 0.25) is 15.9 Å². The summed E-state index contributed by atoms with van der Waals surface area (Å²) < 4.78 is 27.7. The average molecular weight is 381 g/mol. The quantitative estimate of drug-likeness (QED) is 0.771. The summed E-state index contributed by atoms with van der Waals surface area (Å²) in [5.41, 5.74) is 1.39. The van der Waals surface area contributed by atoms with Crippen molar-refractivity contribution in [2.24, 2.45) is 5.92 Å². The Morgan fingerprint density at radius 1 is 1.16 bits per heavy atom. The van der Waals surface area contributed by atoms with Gasteiger partial charge in [-0.05, 0) is 46.7 Å². The van der Waals surface area contributed by atoms with Crippen LogP contribution in [0.25, 0.3) is 0 Å². The van der Waals surface area contributed by atoms with Gasteiger partial charge in [-0.25, -0.2) is 13.1 Å². The highest BCUT2D eigenvalue weighted by molar-refractivity contribution is 7.89. The van der Waals surface area contributed by atoms with Crippen LogP contribution in [-0.2, 0) is 20.2 Å². The summed E-state index contributed by atoms with van der Waals surface area (Å²) in [4.78, 5) is 11.9. The number of nitrogens with one attached hydrogen (secondary N) is 2. The van der Waals surface area contributed by atoms with Gasteiger partial charge >= 0.3 is 0 Å². The molecule has 0 bridgehead atoms. The summed E-state index contributed by atoms with van der Waals surface area (Å²) in [6, 6.07) is 8.19. The van der Waals surface area contributed by atoms with Crippen molar-refractivity contribution in [2.75, 3.05) is 11.9 Å². The topological polar surface area (TPSA) is 75.3 Å². The van der Waals surface area contributed by atoms with Crippen LogP contribution in [0.4, 0.5) is 5.69 Å². The van der Waals surface area contributed by atoms with E-state index in [1.54, 1.807) is 37.3 Å². The summed E-state index contributed by atoms with van der Waals surface area (Å²) in [7, 11) is -3.61. The maximum Gasteiger partial charge on any atom is 0.240 e. The fourth-order valence-electron chi connectivity index (χ4n) is 2.11. The van der Waals surface area contributed by atoms with Crippen molar-refractivity contribution >= 4 is 33.0 Å². The van der Waals surface area contributed by atoms with Gasteiger partial charge in [0.05, 0.1) is 4.90 Å². The van der Waals surface area contributed by atoms with E-state index in [-0.39, 0.29) is 22.1 Å². The van der Waals surface area contributed by atoms with Crippen LogP contribution in [0.5, 0.6) is 0 Å². The molecule has 0 fully saturated rings. The standard InChI is InChI=1S/C18H24N2O3S2/c1-13(2)17(21)20-15-5-7-16(8-6-15)25(22,23)19-12-18(3,4)14-9-10-24-11-14/h5-11,13,19H,12H2,1-4H3,(H,20,21). The lowest BCUT2D eigenvalue weighted by Crippen LogP contribution is -2.36. The third-order valence-electron chi connectivity index (χ3n) is 3.96. The summed E-state index contributed by atoms with van der Waals surface area (Å²) in [6.45, 7) is 7.91. The van der Waals surface area contributed by atoms with E-state index in [2.05, 4.69) is 10.0 Å². The lowest BCUT2D eigenvalue weighted by Gasteiger charge is -2.24. The van der Waals surface area contributed by atoms with E-state index >= 15 is 0 Å². The van der Waals surface area contributed by atoms with E-state index in [1.165, 1.54) is 12.1 Å². The summed E-state index contributed by atoms with van der Waals surface area (Å²) >= 11 is 1.59. The highest BCUT2D eigenvalue weighted by Gasteiger charge is 2.24. The van der Waals surface area contributed by atoms with E-state index in [0.29, 0.717) is 12.2 Å². The van der Waals surface area contributed by atoms with Crippen molar-refractivity contribution < 1.29 is 13.2 Å². The highest BCUT2D eigenvalue weighted by Crippen LogP contribution is 2.25. The number of rotatable bonds is 7. The number of carbonyl (C=O) groups excluding carboxylic acids is 1. The fourth-order valence-corrected chi connectivity index (χ4v) is 4.17. The third kappa shape index (κ3) is 5.14. The number of sulfonamides is 1. The number of anilines is 1. The Hall–Kier alpha value is -1.70. The maximum atomic E-state index is 12.5. The van der Waals surface area contributed by atoms with Gasteiger partial charge in [-0.1, -0.05) is 27.7 Å². The van der Waals surface area contributed by atoms with Gasteiger partial charge in [0.25, 0.3) is 0 Å². The first-order chi connectivity index (χ1) is 11.6. The van der Waals surface area contributed by atoms with Gasteiger partial charge in [0.1, 0.15) is 0 Å². The summed E-state index contributed by atoms with van der Waals surface area (Å²) in [5, 5.41) is 6.75. The van der Waals surface area contributed by atoms with Crippen molar-refractivity contribution in [1.29, 1.82) is 0 Å². The lowest BCUT2D eigenvalue weighted by atomic mass is 9.87. The normalized spacial score (nSPS) is 12.4. The molecule has 0 spiro atoms. The van der Waals surface area contributed by atoms with E-state index in [4.69, 9.17) is 0 Å². The second-order valence-corrected chi connectivity index (χ2v) is 9.44. The van der Waals surface area contributed by atoms with Crippen molar-refractivity contribution in [2.45, 2.75) is 38.0 Å².